The molecule has 238 valence electrons. The number of imidazole rings is 1. The highest BCUT2D eigenvalue weighted by molar-refractivity contribution is 5.89. The highest BCUT2D eigenvalue weighted by atomic mass is 16.3. The lowest BCUT2D eigenvalue weighted by molar-refractivity contribution is 0.125. The van der Waals surface area contributed by atoms with E-state index in [1.54, 1.807) is 0 Å². The second-order valence-corrected chi connectivity index (χ2v) is 11.9. The maximum Gasteiger partial charge on any atom is 0.0946 e. The zero-order valence-corrected chi connectivity index (χ0v) is 28.1. The molecule has 5 rings (SSSR count). The van der Waals surface area contributed by atoms with Gasteiger partial charge in [0.15, 0.2) is 0 Å². The van der Waals surface area contributed by atoms with Crippen molar-refractivity contribution in [2.75, 3.05) is 39.8 Å². The van der Waals surface area contributed by atoms with Gasteiger partial charge in [0.2, 0.25) is 0 Å². The predicted octanol–water partition coefficient (Wildman–Crippen LogP) is 6.79. The molecule has 2 aliphatic rings. The first-order valence-corrected chi connectivity index (χ1v) is 16.1. The molecule has 0 amide bonds. The maximum absolute atomic E-state index is 9.56. The van der Waals surface area contributed by atoms with Crippen LogP contribution in [-0.4, -0.2) is 69.3 Å². The molecular weight excluding hydrogens is 544 g/mol. The van der Waals surface area contributed by atoms with Gasteiger partial charge in [-0.2, -0.15) is 0 Å². The number of hydrogen-bond donors (Lipinski definition) is 2. The van der Waals surface area contributed by atoms with Crippen molar-refractivity contribution in [3.05, 3.63) is 108 Å². The number of aryl methyl sites for hydroxylation is 2. The average Bonchev–Trinajstić information content (AvgIpc) is 3.38. The summed E-state index contributed by atoms with van der Waals surface area (Å²) in [6, 6.07) is 10.9. The lowest BCUT2D eigenvalue weighted by atomic mass is 9.88. The van der Waals surface area contributed by atoms with Crippen molar-refractivity contribution in [3.8, 4) is 0 Å². The molecule has 3 heterocycles. The Morgan fingerprint density at radius 1 is 1.14 bits per heavy atom. The normalized spacial score (nSPS) is 17.0. The largest absolute Gasteiger partial charge is 0.396 e. The first kappa shape index (κ1) is 35.0. The van der Waals surface area contributed by atoms with Crippen LogP contribution in [0.2, 0.25) is 0 Å². The molecule has 0 saturated carbocycles. The van der Waals surface area contributed by atoms with Crippen LogP contribution in [0.3, 0.4) is 0 Å². The summed E-state index contributed by atoms with van der Waals surface area (Å²) < 4.78 is 2.05. The summed E-state index contributed by atoms with van der Waals surface area (Å²) in [5, 5.41) is 13.2. The molecule has 0 spiro atoms. The van der Waals surface area contributed by atoms with Crippen molar-refractivity contribution in [2.45, 2.75) is 59.5 Å². The molecule has 1 saturated heterocycles. The molecular formula is C37H54N6O. The maximum atomic E-state index is 9.56. The van der Waals surface area contributed by atoms with E-state index in [9.17, 15) is 5.11 Å². The minimum atomic E-state index is -0.184. The van der Waals surface area contributed by atoms with Gasteiger partial charge in [-0.25, -0.2) is 4.98 Å². The van der Waals surface area contributed by atoms with Gasteiger partial charge in [-0.05, 0) is 60.7 Å². The smallest absolute Gasteiger partial charge is 0.0946 e. The van der Waals surface area contributed by atoms with Crippen molar-refractivity contribution in [1.29, 1.82) is 0 Å². The topological polar surface area (TPSA) is 69.5 Å². The summed E-state index contributed by atoms with van der Waals surface area (Å²) in [5.41, 5.74) is 8.92. The van der Waals surface area contributed by atoms with E-state index in [4.69, 9.17) is 4.98 Å². The van der Waals surface area contributed by atoms with Crippen molar-refractivity contribution in [3.63, 3.8) is 0 Å². The first-order chi connectivity index (χ1) is 21.2. The summed E-state index contributed by atoms with van der Waals surface area (Å²) in [7, 11) is 4.21. The molecule has 3 aromatic rings. The molecule has 1 fully saturated rings. The van der Waals surface area contributed by atoms with E-state index in [2.05, 4.69) is 91.4 Å². The summed E-state index contributed by atoms with van der Waals surface area (Å²) >= 11 is 0. The Morgan fingerprint density at radius 2 is 1.86 bits per heavy atom. The fourth-order valence-electron chi connectivity index (χ4n) is 5.72. The Bertz CT molecular complexity index is 1380. The highest BCUT2D eigenvalue weighted by Crippen LogP contribution is 2.44. The number of fused-ring (bicyclic) bond motifs is 2. The van der Waals surface area contributed by atoms with E-state index < -0.39 is 0 Å². The van der Waals surface area contributed by atoms with Crippen molar-refractivity contribution < 1.29 is 5.11 Å². The molecule has 0 bridgehead atoms. The second kappa shape index (κ2) is 17.1. The summed E-state index contributed by atoms with van der Waals surface area (Å²) in [6.45, 7) is 22.4. The third-order valence-electron chi connectivity index (χ3n) is 8.02. The van der Waals surface area contributed by atoms with Gasteiger partial charge in [-0.1, -0.05) is 70.2 Å². The number of nitrogens with zero attached hydrogens (tertiary/aromatic N) is 5. The van der Waals surface area contributed by atoms with Crippen LogP contribution in [0.1, 0.15) is 86.3 Å². The number of pyridine rings is 1. The number of aliphatic hydroxyl groups is 1. The number of rotatable bonds is 9. The number of nitrogens with one attached hydrogen (secondary N) is 1. The Hall–Kier alpha value is -3.52. The molecule has 2 unspecified atom stereocenters. The highest BCUT2D eigenvalue weighted by Gasteiger charge is 2.34. The molecule has 0 radical (unpaired) electrons. The minimum Gasteiger partial charge on any atom is -0.396 e. The summed E-state index contributed by atoms with van der Waals surface area (Å²) in [6.07, 6.45) is 11.5. The van der Waals surface area contributed by atoms with E-state index in [1.807, 2.05) is 56.3 Å². The van der Waals surface area contributed by atoms with Gasteiger partial charge in [0, 0.05) is 58.1 Å². The average molecular weight is 599 g/mol. The fourth-order valence-corrected chi connectivity index (χ4v) is 5.72. The van der Waals surface area contributed by atoms with E-state index in [-0.39, 0.29) is 18.7 Å². The number of aliphatic hydroxyl groups excluding tert-OH is 1. The lowest BCUT2D eigenvalue weighted by Crippen LogP contribution is -2.46. The lowest BCUT2D eigenvalue weighted by Gasteiger charge is -2.38. The minimum absolute atomic E-state index is 0.0525. The molecule has 7 heteroatoms. The zero-order chi connectivity index (χ0) is 32.2. The van der Waals surface area contributed by atoms with Crippen LogP contribution in [0, 0.1) is 12.8 Å². The molecule has 1 aliphatic heterocycles. The Labute approximate surface area is 266 Å². The molecule has 44 heavy (non-hydrogen) atoms. The molecule has 2 atom stereocenters. The Balaban J connectivity index is 0.000000593. The van der Waals surface area contributed by atoms with E-state index >= 15 is 0 Å². The predicted molar refractivity (Wildman–Crippen MR) is 185 cm³/mol. The zero-order valence-electron chi connectivity index (χ0n) is 28.1. The van der Waals surface area contributed by atoms with Crippen LogP contribution in [0.5, 0.6) is 0 Å². The molecule has 2 N–H and O–H groups in total. The van der Waals surface area contributed by atoms with Gasteiger partial charge in [-0.3, -0.25) is 9.88 Å². The van der Waals surface area contributed by atoms with Gasteiger partial charge >= 0.3 is 0 Å². The van der Waals surface area contributed by atoms with Gasteiger partial charge in [0.1, 0.15) is 0 Å². The van der Waals surface area contributed by atoms with Gasteiger partial charge < -0.3 is 19.9 Å². The molecule has 1 aromatic carbocycles. The van der Waals surface area contributed by atoms with Gasteiger partial charge in [0.05, 0.1) is 36.0 Å². The Morgan fingerprint density at radius 3 is 2.45 bits per heavy atom. The third-order valence-corrected chi connectivity index (χ3v) is 8.02. The molecule has 7 nitrogen and oxygen atoms in total. The van der Waals surface area contributed by atoms with Crippen LogP contribution < -0.4 is 5.32 Å². The number of benzene rings is 1. The second-order valence-electron chi connectivity index (χ2n) is 11.9. The Kier molecular flexibility index (Phi) is 13.6. The van der Waals surface area contributed by atoms with Crippen LogP contribution in [-0.2, 0) is 7.05 Å². The third kappa shape index (κ3) is 8.78. The number of aromatic nitrogens is 3. The van der Waals surface area contributed by atoms with Crippen LogP contribution in [0.25, 0.3) is 11.6 Å². The van der Waals surface area contributed by atoms with Crippen LogP contribution >= 0.6 is 0 Å². The number of hydrogen-bond acceptors (Lipinski definition) is 6. The summed E-state index contributed by atoms with van der Waals surface area (Å²) in [5.74, 6) is 0.780. The van der Waals surface area contributed by atoms with E-state index in [0.717, 1.165) is 66.7 Å². The van der Waals surface area contributed by atoms with E-state index in [0.29, 0.717) is 6.42 Å². The number of piperazine rings is 1. The van der Waals surface area contributed by atoms with E-state index in [1.165, 1.54) is 16.7 Å². The van der Waals surface area contributed by atoms with Crippen molar-refractivity contribution in [2.24, 2.45) is 13.0 Å². The summed E-state index contributed by atoms with van der Waals surface area (Å²) in [4.78, 5) is 14.3. The number of likely N-dealkylation sites (N-methyl/N-ethyl adjacent to an activating group) is 1. The van der Waals surface area contributed by atoms with Crippen molar-refractivity contribution >= 4 is 11.6 Å². The first-order valence-electron chi connectivity index (χ1n) is 16.1. The quantitative estimate of drug-likeness (QED) is 0.265. The van der Waals surface area contributed by atoms with Gasteiger partial charge in [0.25, 0.3) is 0 Å². The molecule has 1 aliphatic carbocycles. The van der Waals surface area contributed by atoms with Gasteiger partial charge in [-0.15, -0.1) is 6.58 Å². The molecule has 2 aromatic heterocycles. The number of allylic oxidation sites excluding steroid dienone is 1. The van der Waals surface area contributed by atoms with Crippen LogP contribution in [0.4, 0.5) is 0 Å². The fraction of sp³-hybridized carbons (Fsp3) is 0.459. The van der Waals surface area contributed by atoms with Crippen LogP contribution in [0.15, 0.2) is 74.0 Å². The standard InChI is InChI=1S/C29H36N6O.C6H12.C2H6/c1-20-7-8-23-24(16-20)25(28(32-21(2)9-15-36)26-18-30-19-34(26)4)17-22-6-5-10-31-27(22)29(23)35-13-11-33(3)12-14-35;1-4-5-6(2)3;1-2/h5-8,10,16-19,28-29,32,36H,2,9,11-15H2,1,3-4H3;4,6H,1,5H2,2-3H3;1-2H3. The van der Waals surface area contributed by atoms with Crippen molar-refractivity contribution in [1.82, 2.24) is 29.7 Å². The monoisotopic (exact) mass is 598 g/mol. The SMILES string of the molecule is C=C(CCO)NC(C1=Cc2cccnc2C(N2CCN(C)CC2)c2ccc(C)cc21)c1cncn1C.C=CCC(C)C.CC.